The minimum absolute atomic E-state index is 0.146. The molecule has 4 nitrogen and oxygen atoms in total. The Kier molecular flexibility index (Phi) is 2.07. The molecular formula is C6H7F2N3O. The molecule has 1 aromatic rings. The second kappa shape index (κ2) is 2.88. The van der Waals surface area contributed by atoms with Gasteiger partial charge < -0.3 is 5.73 Å². The van der Waals surface area contributed by atoms with E-state index < -0.39 is 12.3 Å². The zero-order valence-electron chi connectivity index (χ0n) is 6.29. The highest BCUT2D eigenvalue weighted by Gasteiger charge is 2.16. The van der Waals surface area contributed by atoms with Gasteiger partial charge in [0.05, 0.1) is 0 Å². The second-order valence-corrected chi connectivity index (χ2v) is 2.24. The first-order valence-electron chi connectivity index (χ1n) is 3.14. The zero-order chi connectivity index (χ0) is 9.30. The number of nitrogens with two attached hydrogens (primary N) is 1. The monoisotopic (exact) mass is 175 g/mol. The van der Waals surface area contributed by atoms with Crippen molar-refractivity contribution in [1.82, 2.24) is 9.78 Å². The molecule has 0 saturated carbocycles. The summed E-state index contributed by atoms with van der Waals surface area (Å²) in [7, 11) is 1.33. The van der Waals surface area contributed by atoms with Gasteiger partial charge in [0.15, 0.2) is 0 Å². The van der Waals surface area contributed by atoms with Crippen molar-refractivity contribution in [3.8, 4) is 0 Å². The maximum absolute atomic E-state index is 12.1. The van der Waals surface area contributed by atoms with E-state index in [2.05, 4.69) is 5.10 Å². The smallest absolute Gasteiger partial charge is 0.280 e. The fourth-order valence-electron chi connectivity index (χ4n) is 0.806. The molecule has 0 atom stereocenters. The number of nitrogens with zero attached hydrogens (tertiary/aromatic N) is 2. The number of carbonyl (C=O) groups excluding carboxylic acids is 1. The Bertz CT molecular complexity index is 308. The molecule has 6 heteroatoms. The van der Waals surface area contributed by atoms with E-state index in [4.69, 9.17) is 5.73 Å². The SMILES string of the molecule is Cn1nc(C(N)=O)cc1C(F)F. The number of hydrogen-bond acceptors (Lipinski definition) is 2. The summed E-state index contributed by atoms with van der Waals surface area (Å²) in [5.74, 6) is -0.808. The molecule has 1 amide bonds. The number of aryl methyl sites for hydroxylation is 1. The average Bonchev–Trinajstić information content (AvgIpc) is 2.30. The van der Waals surface area contributed by atoms with E-state index in [0.29, 0.717) is 0 Å². The van der Waals surface area contributed by atoms with Crippen LogP contribution in [0, 0.1) is 0 Å². The molecule has 0 saturated heterocycles. The third-order valence-electron chi connectivity index (χ3n) is 1.39. The highest BCUT2D eigenvalue weighted by molar-refractivity contribution is 5.90. The molecule has 0 fully saturated rings. The molecule has 0 aliphatic rings. The van der Waals surface area contributed by atoms with Crippen LogP contribution in [0.4, 0.5) is 8.78 Å². The Morgan fingerprint density at radius 1 is 1.75 bits per heavy atom. The van der Waals surface area contributed by atoms with Gasteiger partial charge in [0, 0.05) is 7.05 Å². The van der Waals surface area contributed by atoms with Crippen molar-refractivity contribution in [1.29, 1.82) is 0 Å². The Hall–Kier alpha value is -1.46. The van der Waals surface area contributed by atoms with E-state index in [0.717, 1.165) is 10.7 Å². The lowest BCUT2D eigenvalue weighted by molar-refractivity contribution is 0.0995. The van der Waals surface area contributed by atoms with Crippen molar-refractivity contribution in [2.45, 2.75) is 6.43 Å². The average molecular weight is 175 g/mol. The van der Waals surface area contributed by atoms with Crippen LogP contribution in [0.2, 0.25) is 0 Å². The highest BCUT2D eigenvalue weighted by Crippen LogP contribution is 2.18. The number of hydrogen-bond donors (Lipinski definition) is 1. The standard InChI is InChI=1S/C6H7F2N3O/c1-11-4(5(7)8)2-3(10-11)6(9)12/h2,5H,1H3,(H2,9,12). The van der Waals surface area contributed by atoms with Gasteiger partial charge in [-0.3, -0.25) is 9.48 Å². The van der Waals surface area contributed by atoms with E-state index in [-0.39, 0.29) is 11.4 Å². The van der Waals surface area contributed by atoms with E-state index in [1.54, 1.807) is 0 Å². The van der Waals surface area contributed by atoms with Crippen LogP contribution in [0.5, 0.6) is 0 Å². The number of alkyl halides is 2. The first-order chi connectivity index (χ1) is 5.52. The summed E-state index contributed by atoms with van der Waals surface area (Å²) in [6.07, 6.45) is -2.64. The number of amides is 1. The van der Waals surface area contributed by atoms with Gasteiger partial charge in [-0.05, 0) is 6.07 Å². The lowest BCUT2D eigenvalue weighted by Crippen LogP contribution is -2.11. The van der Waals surface area contributed by atoms with Crippen molar-refractivity contribution in [3.63, 3.8) is 0 Å². The Balaban J connectivity index is 3.09. The van der Waals surface area contributed by atoms with Crippen LogP contribution in [0.3, 0.4) is 0 Å². The Labute approximate surface area is 67.0 Å². The topological polar surface area (TPSA) is 60.9 Å². The molecule has 1 aromatic heterocycles. The molecule has 0 aliphatic carbocycles. The van der Waals surface area contributed by atoms with Gasteiger partial charge in [0.2, 0.25) is 0 Å². The Morgan fingerprint density at radius 2 is 2.33 bits per heavy atom. The third-order valence-corrected chi connectivity index (χ3v) is 1.39. The minimum Gasteiger partial charge on any atom is -0.364 e. The number of rotatable bonds is 2. The molecule has 12 heavy (non-hydrogen) atoms. The lowest BCUT2D eigenvalue weighted by atomic mass is 10.3. The van der Waals surface area contributed by atoms with Gasteiger partial charge in [-0.2, -0.15) is 5.10 Å². The molecule has 66 valence electrons. The number of aromatic nitrogens is 2. The van der Waals surface area contributed by atoms with Crippen LogP contribution in [0.25, 0.3) is 0 Å². The van der Waals surface area contributed by atoms with Crippen molar-refractivity contribution in [3.05, 3.63) is 17.5 Å². The van der Waals surface area contributed by atoms with E-state index >= 15 is 0 Å². The third kappa shape index (κ3) is 1.41. The van der Waals surface area contributed by atoms with Gasteiger partial charge in [0.1, 0.15) is 11.4 Å². The van der Waals surface area contributed by atoms with Crippen LogP contribution >= 0.6 is 0 Å². The maximum atomic E-state index is 12.1. The molecule has 0 unspecified atom stereocenters. The van der Waals surface area contributed by atoms with Crippen LogP contribution in [-0.2, 0) is 7.05 Å². The van der Waals surface area contributed by atoms with Gasteiger partial charge in [-0.1, -0.05) is 0 Å². The lowest BCUT2D eigenvalue weighted by Gasteiger charge is -1.96. The van der Waals surface area contributed by atoms with Crippen LogP contribution in [0.15, 0.2) is 6.07 Å². The number of carbonyl (C=O) groups is 1. The van der Waals surface area contributed by atoms with Crippen molar-refractivity contribution in [2.24, 2.45) is 12.8 Å². The Morgan fingerprint density at radius 3 is 2.58 bits per heavy atom. The van der Waals surface area contributed by atoms with Crippen molar-refractivity contribution >= 4 is 5.91 Å². The molecular weight excluding hydrogens is 168 g/mol. The molecule has 0 aromatic carbocycles. The molecule has 2 N–H and O–H groups in total. The summed E-state index contributed by atoms with van der Waals surface area (Å²) >= 11 is 0. The summed E-state index contributed by atoms with van der Waals surface area (Å²) in [5, 5.41) is 3.49. The molecule has 0 spiro atoms. The minimum atomic E-state index is -2.64. The molecule has 0 radical (unpaired) electrons. The molecule has 0 aliphatic heterocycles. The van der Waals surface area contributed by atoms with E-state index in [1.807, 2.05) is 0 Å². The summed E-state index contributed by atoms with van der Waals surface area (Å²) in [5.41, 5.74) is 4.37. The quantitative estimate of drug-likeness (QED) is 0.709. The van der Waals surface area contributed by atoms with Crippen LogP contribution < -0.4 is 5.73 Å². The first-order valence-corrected chi connectivity index (χ1v) is 3.14. The largest absolute Gasteiger partial charge is 0.364 e. The van der Waals surface area contributed by atoms with Gasteiger partial charge >= 0.3 is 0 Å². The number of primary amides is 1. The zero-order valence-corrected chi connectivity index (χ0v) is 6.29. The van der Waals surface area contributed by atoms with Crippen molar-refractivity contribution < 1.29 is 13.6 Å². The fraction of sp³-hybridized carbons (Fsp3) is 0.333. The molecule has 1 rings (SSSR count). The summed E-state index contributed by atoms with van der Waals surface area (Å²) in [4.78, 5) is 10.5. The summed E-state index contributed by atoms with van der Waals surface area (Å²) in [6.45, 7) is 0. The van der Waals surface area contributed by atoms with Gasteiger partial charge in [-0.25, -0.2) is 8.78 Å². The predicted molar refractivity (Wildman–Crippen MR) is 36.7 cm³/mol. The first kappa shape index (κ1) is 8.63. The van der Waals surface area contributed by atoms with Crippen LogP contribution in [0.1, 0.15) is 22.6 Å². The summed E-state index contributed by atoms with van der Waals surface area (Å²) < 4.78 is 25.1. The van der Waals surface area contributed by atoms with Gasteiger partial charge in [0.25, 0.3) is 12.3 Å². The highest BCUT2D eigenvalue weighted by atomic mass is 19.3. The van der Waals surface area contributed by atoms with E-state index in [9.17, 15) is 13.6 Å². The molecule has 1 heterocycles. The summed E-state index contributed by atoms with van der Waals surface area (Å²) in [6, 6.07) is 0.979. The van der Waals surface area contributed by atoms with Gasteiger partial charge in [-0.15, -0.1) is 0 Å². The van der Waals surface area contributed by atoms with Crippen molar-refractivity contribution in [2.75, 3.05) is 0 Å². The number of halogens is 2. The predicted octanol–water partition coefficient (Wildman–Crippen LogP) is 0.457. The second-order valence-electron chi connectivity index (χ2n) is 2.24. The normalized spacial score (nSPS) is 10.7. The maximum Gasteiger partial charge on any atom is 0.280 e. The molecule has 0 bridgehead atoms. The van der Waals surface area contributed by atoms with Crippen LogP contribution in [-0.4, -0.2) is 15.7 Å². The van der Waals surface area contributed by atoms with E-state index in [1.165, 1.54) is 7.05 Å². The fourth-order valence-corrected chi connectivity index (χ4v) is 0.806.